The lowest BCUT2D eigenvalue weighted by Gasteiger charge is -2.37. The smallest absolute Gasteiger partial charge is 0.257 e. The Morgan fingerprint density at radius 3 is 2.62 bits per heavy atom. The van der Waals surface area contributed by atoms with E-state index in [0.29, 0.717) is 56.2 Å². The van der Waals surface area contributed by atoms with Crippen LogP contribution in [0.1, 0.15) is 23.2 Å². The van der Waals surface area contributed by atoms with E-state index in [4.69, 9.17) is 18.9 Å². The number of hydrogen-bond donors (Lipinski definition) is 0. The van der Waals surface area contributed by atoms with Crippen LogP contribution in [0.3, 0.4) is 0 Å². The van der Waals surface area contributed by atoms with Crippen molar-refractivity contribution in [1.29, 1.82) is 0 Å². The van der Waals surface area contributed by atoms with Gasteiger partial charge in [-0.05, 0) is 12.1 Å². The van der Waals surface area contributed by atoms with E-state index in [9.17, 15) is 4.79 Å². The Hall–Kier alpha value is -1.79. The summed E-state index contributed by atoms with van der Waals surface area (Å²) in [5.41, 5.74) is 0.564. The Morgan fingerprint density at radius 1 is 1.10 bits per heavy atom. The molecule has 1 spiro atoms. The molecular formula is C15H17NO5. The number of hydrogen-bond acceptors (Lipinski definition) is 5. The SMILES string of the molecule is O=C(c1cccc2c1OCO2)N1CCC2(CC1)OCCO2. The number of carbonyl (C=O) groups excluding carboxylic acids is 1. The molecule has 1 amide bonds. The van der Waals surface area contributed by atoms with Gasteiger partial charge in [0.25, 0.3) is 5.91 Å². The van der Waals surface area contributed by atoms with Gasteiger partial charge in [-0.15, -0.1) is 0 Å². The molecular weight excluding hydrogens is 274 g/mol. The zero-order valence-corrected chi connectivity index (χ0v) is 11.7. The molecule has 6 heteroatoms. The highest BCUT2D eigenvalue weighted by Gasteiger charge is 2.41. The summed E-state index contributed by atoms with van der Waals surface area (Å²) in [4.78, 5) is 14.5. The molecule has 3 aliphatic heterocycles. The van der Waals surface area contributed by atoms with Crippen molar-refractivity contribution in [3.8, 4) is 11.5 Å². The first-order valence-corrected chi connectivity index (χ1v) is 7.23. The van der Waals surface area contributed by atoms with Crippen molar-refractivity contribution in [2.24, 2.45) is 0 Å². The number of rotatable bonds is 1. The minimum atomic E-state index is -0.463. The fourth-order valence-electron chi connectivity index (χ4n) is 3.11. The predicted octanol–water partition coefficient (Wildman–Crippen LogP) is 1.39. The molecule has 0 aliphatic carbocycles. The first-order valence-electron chi connectivity index (χ1n) is 7.23. The third-order valence-corrected chi connectivity index (χ3v) is 4.25. The molecule has 0 radical (unpaired) electrons. The molecule has 0 bridgehead atoms. The van der Waals surface area contributed by atoms with Crippen LogP contribution in [0.5, 0.6) is 11.5 Å². The van der Waals surface area contributed by atoms with Gasteiger partial charge >= 0.3 is 0 Å². The fourth-order valence-corrected chi connectivity index (χ4v) is 3.11. The van der Waals surface area contributed by atoms with Crippen molar-refractivity contribution < 1.29 is 23.7 Å². The lowest BCUT2D eigenvalue weighted by Crippen LogP contribution is -2.47. The van der Waals surface area contributed by atoms with Gasteiger partial charge in [-0.2, -0.15) is 0 Å². The number of ether oxygens (including phenoxy) is 4. The summed E-state index contributed by atoms with van der Waals surface area (Å²) >= 11 is 0. The van der Waals surface area contributed by atoms with Crippen LogP contribution in [-0.4, -0.2) is 49.7 Å². The number of piperidine rings is 1. The van der Waals surface area contributed by atoms with Gasteiger partial charge in [-0.25, -0.2) is 0 Å². The maximum atomic E-state index is 12.7. The van der Waals surface area contributed by atoms with Gasteiger partial charge in [0.1, 0.15) is 0 Å². The van der Waals surface area contributed by atoms with Crippen LogP contribution in [-0.2, 0) is 9.47 Å². The molecule has 3 aliphatic rings. The van der Waals surface area contributed by atoms with Crippen LogP contribution in [0.4, 0.5) is 0 Å². The van der Waals surface area contributed by atoms with Crippen molar-refractivity contribution >= 4 is 5.91 Å². The Morgan fingerprint density at radius 2 is 1.86 bits per heavy atom. The third kappa shape index (κ3) is 2.15. The summed E-state index contributed by atoms with van der Waals surface area (Å²) < 4.78 is 22.1. The average Bonchev–Trinajstić information content (AvgIpc) is 3.16. The molecule has 0 N–H and O–H groups in total. The monoisotopic (exact) mass is 291 g/mol. The van der Waals surface area contributed by atoms with Crippen molar-refractivity contribution in [3.63, 3.8) is 0 Å². The number of para-hydroxylation sites is 1. The summed E-state index contributed by atoms with van der Waals surface area (Å²) in [6.07, 6.45) is 1.43. The Kier molecular flexibility index (Phi) is 3.01. The maximum absolute atomic E-state index is 12.7. The van der Waals surface area contributed by atoms with E-state index < -0.39 is 5.79 Å². The van der Waals surface area contributed by atoms with Crippen molar-refractivity contribution in [2.75, 3.05) is 33.1 Å². The van der Waals surface area contributed by atoms with Gasteiger partial charge in [0.15, 0.2) is 17.3 Å². The molecule has 2 fully saturated rings. The van der Waals surface area contributed by atoms with Gasteiger partial charge < -0.3 is 23.8 Å². The quantitative estimate of drug-likeness (QED) is 0.782. The number of carbonyl (C=O) groups is 1. The molecule has 1 aromatic carbocycles. The Bertz CT molecular complexity index is 557. The van der Waals surface area contributed by atoms with Crippen LogP contribution in [0.15, 0.2) is 18.2 Å². The van der Waals surface area contributed by atoms with Gasteiger partial charge in [-0.3, -0.25) is 4.79 Å². The van der Waals surface area contributed by atoms with Gasteiger partial charge in [0.05, 0.1) is 18.8 Å². The molecule has 3 heterocycles. The molecule has 0 saturated carbocycles. The van der Waals surface area contributed by atoms with E-state index in [-0.39, 0.29) is 12.7 Å². The summed E-state index contributed by atoms with van der Waals surface area (Å²) in [5, 5.41) is 0. The van der Waals surface area contributed by atoms with E-state index in [1.54, 1.807) is 6.07 Å². The van der Waals surface area contributed by atoms with Gasteiger partial charge in [0, 0.05) is 25.9 Å². The molecule has 6 nitrogen and oxygen atoms in total. The molecule has 1 aromatic rings. The lowest BCUT2D eigenvalue weighted by atomic mass is 10.0. The molecule has 2 saturated heterocycles. The van der Waals surface area contributed by atoms with E-state index in [1.165, 1.54) is 0 Å². The number of fused-ring (bicyclic) bond motifs is 1. The molecule has 112 valence electrons. The maximum Gasteiger partial charge on any atom is 0.257 e. The van der Waals surface area contributed by atoms with E-state index >= 15 is 0 Å². The van der Waals surface area contributed by atoms with Crippen LogP contribution in [0, 0.1) is 0 Å². The molecule has 21 heavy (non-hydrogen) atoms. The summed E-state index contributed by atoms with van der Waals surface area (Å²) in [7, 11) is 0. The third-order valence-electron chi connectivity index (χ3n) is 4.25. The summed E-state index contributed by atoms with van der Waals surface area (Å²) in [6.45, 7) is 2.72. The second-order valence-electron chi connectivity index (χ2n) is 5.44. The standard InChI is InChI=1S/C15H17NO5/c17-14(11-2-1-3-12-13(11)19-10-18-12)16-6-4-15(5-7-16)20-8-9-21-15/h1-3H,4-10H2. The van der Waals surface area contributed by atoms with Crippen LogP contribution in [0.25, 0.3) is 0 Å². The minimum Gasteiger partial charge on any atom is -0.454 e. The molecule has 0 aromatic heterocycles. The largest absolute Gasteiger partial charge is 0.454 e. The van der Waals surface area contributed by atoms with Crippen molar-refractivity contribution in [2.45, 2.75) is 18.6 Å². The van der Waals surface area contributed by atoms with E-state index in [2.05, 4.69) is 0 Å². The van der Waals surface area contributed by atoms with Crippen LogP contribution in [0.2, 0.25) is 0 Å². The van der Waals surface area contributed by atoms with Crippen molar-refractivity contribution in [3.05, 3.63) is 23.8 Å². The minimum absolute atomic E-state index is 0.0230. The Balaban J connectivity index is 1.50. The highest BCUT2D eigenvalue weighted by molar-refractivity contribution is 5.98. The predicted molar refractivity (Wildman–Crippen MR) is 72.3 cm³/mol. The highest BCUT2D eigenvalue weighted by Crippen LogP contribution is 2.37. The number of nitrogens with zero attached hydrogens (tertiary/aromatic N) is 1. The number of amides is 1. The summed E-state index contributed by atoms with van der Waals surface area (Å²) in [5.74, 6) is 0.702. The Labute approximate surface area is 122 Å². The molecule has 0 atom stereocenters. The topological polar surface area (TPSA) is 57.2 Å². The normalized spacial score (nSPS) is 22.8. The van der Waals surface area contributed by atoms with Gasteiger partial charge in [0.2, 0.25) is 6.79 Å². The second-order valence-corrected chi connectivity index (χ2v) is 5.44. The number of benzene rings is 1. The lowest BCUT2D eigenvalue weighted by molar-refractivity contribution is -0.181. The van der Waals surface area contributed by atoms with Crippen molar-refractivity contribution in [1.82, 2.24) is 4.90 Å². The van der Waals surface area contributed by atoms with Crippen LogP contribution < -0.4 is 9.47 Å². The first-order chi connectivity index (χ1) is 10.3. The highest BCUT2D eigenvalue weighted by atomic mass is 16.7. The zero-order chi connectivity index (χ0) is 14.3. The van der Waals surface area contributed by atoms with Gasteiger partial charge in [-0.1, -0.05) is 6.07 Å². The fraction of sp³-hybridized carbons (Fsp3) is 0.533. The number of likely N-dealkylation sites (tertiary alicyclic amines) is 1. The average molecular weight is 291 g/mol. The zero-order valence-electron chi connectivity index (χ0n) is 11.7. The van der Waals surface area contributed by atoms with E-state index in [0.717, 1.165) is 0 Å². The summed E-state index contributed by atoms with van der Waals surface area (Å²) in [6, 6.07) is 5.41. The first kappa shape index (κ1) is 12.9. The molecule has 0 unspecified atom stereocenters. The van der Waals surface area contributed by atoms with E-state index in [1.807, 2.05) is 17.0 Å². The van der Waals surface area contributed by atoms with Crippen LogP contribution >= 0.6 is 0 Å². The second kappa shape index (κ2) is 4.89. The molecule has 4 rings (SSSR count).